The maximum Gasteiger partial charge on any atom is 0.242 e. The molecule has 0 fully saturated rings. The monoisotopic (exact) mass is 178 g/mol. The minimum absolute atomic E-state index is 0.0700. The molecule has 1 amide bonds. The zero-order valence-corrected chi connectivity index (χ0v) is 8.08. The van der Waals surface area contributed by atoms with E-state index in [0.29, 0.717) is 6.54 Å². The van der Waals surface area contributed by atoms with Gasteiger partial charge in [-0.15, -0.1) is 0 Å². The lowest BCUT2D eigenvalue weighted by atomic mass is 9.93. The second-order valence-corrected chi connectivity index (χ2v) is 3.75. The van der Waals surface area contributed by atoms with Crippen LogP contribution in [0.4, 0.5) is 0 Å². The van der Waals surface area contributed by atoms with E-state index >= 15 is 0 Å². The summed E-state index contributed by atoms with van der Waals surface area (Å²) in [6, 6.07) is 2.02. The number of carbonyl (C=O) groups excluding carboxylic acids is 1. The van der Waals surface area contributed by atoms with E-state index in [1.54, 1.807) is 18.7 Å². The van der Waals surface area contributed by atoms with Gasteiger partial charge in [0, 0.05) is 13.1 Å². The minimum Gasteiger partial charge on any atom is -0.337 e. The summed E-state index contributed by atoms with van der Waals surface area (Å²) < 4.78 is 0. The summed E-state index contributed by atoms with van der Waals surface area (Å²) in [6.45, 7) is 4.70. The molecular weight excluding hydrogens is 164 g/mol. The standard InChI is InChI=1S/C10H14N2O/c1-10(2,8-11)9(13)12-6-4-3-5-7-12/h3-4H,5-7H2,1-2H3. The van der Waals surface area contributed by atoms with Crippen LogP contribution >= 0.6 is 0 Å². The van der Waals surface area contributed by atoms with Crippen LogP contribution in [0.1, 0.15) is 20.3 Å². The largest absolute Gasteiger partial charge is 0.337 e. The summed E-state index contributed by atoms with van der Waals surface area (Å²) in [4.78, 5) is 13.4. The highest BCUT2D eigenvalue weighted by molar-refractivity contribution is 5.84. The highest BCUT2D eigenvalue weighted by atomic mass is 16.2. The van der Waals surface area contributed by atoms with E-state index in [0.717, 1.165) is 13.0 Å². The zero-order chi connectivity index (χ0) is 9.90. The molecule has 0 unspecified atom stereocenters. The molecular formula is C10H14N2O. The summed E-state index contributed by atoms with van der Waals surface area (Å²) in [5.74, 6) is -0.0700. The predicted molar refractivity (Wildman–Crippen MR) is 49.7 cm³/mol. The molecule has 1 aliphatic rings. The van der Waals surface area contributed by atoms with Gasteiger partial charge in [0.2, 0.25) is 5.91 Å². The Hall–Kier alpha value is -1.30. The van der Waals surface area contributed by atoms with Crippen molar-refractivity contribution in [3.8, 4) is 6.07 Å². The van der Waals surface area contributed by atoms with Crippen molar-refractivity contribution in [1.82, 2.24) is 4.90 Å². The quantitative estimate of drug-likeness (QED) is 0.568. The van der Waals surface area contributed by atoms with E-state index in [-0.39, 0.29) is 5.91 Å². The third-order valence-corrected chi connectivity index (χ3v) is 2.16. The van der Waals surface area contributed by atoms with E-state index in [1.165, 1.54) is 0 Å². The molecule has 0 N–H and O–H groups in total. The zero-order valence-electron chi connectivity index (χ0n) is 8.08. The lowest BCUT2D eigenvalue weighted by molar-refractivity contribution is -0.137. The Morgan fingerprint density at radius 2 is 2.23 bits per heavy atom. The maximum atomic E-state index is 11.7. The second-order valence-electron chi connectivity index (χ2n) is 3.75. The van der Waals surface area contributed by atoms with Gasteiger partial charge in [0.1, 0.15) is 5.41 Å². The molecule has 1 rings (SSSR count). The highest BCUT2D eigenvalue weighted by Crippen LogP contribution is 2.18. The van der Waals surface area contributed by atoms with E-state index in [2.05, 4.69) is 6.08 Å². The number of nitrogens with zero attached hydrogens (tertiary/aromatic N) is 2. The Morgan fingerprint density at radius 3 is 2.69 bits per heavy atom. The molecule has 0 aromatic rings. The van der Waals surface area contributed by atoms with Gasteiger partial charge in [-0.3, -0.25) is 4.79 Å². The van der Waals surface area contributed by atoms with Crippen LogP contribution in [0.3, 0.4) is 0 Å². The number of rotatable bonds is 1. The molecule has 13 heavy (non-hydrogen) atoms. The lowest BCUT2D eigenvalue weighted by Gasteiger charge is -2.28. The number of hydrogen-bond donors (Lipinski definition) is 0. The smallest absolute Gasteiger partial charge is 0.242 e. The first-order chi connectivity index (χ1) is 6.08. The number of carbonyl (C=O) groups is 1. The van der Waals surface area contributed by atoms with Gasteiger partial charge in [0.25, 0.3) is 0 Å². The summed E-state index contributed by atoms with van der Waals surface area (Å²) in [5, 5.41) is 8.78. The topological polar surface area (TPSA) is 44.1 Å². The average Bonchev–Trinajstić information content (AvgIpc) is 2.18. The van der Waals surface area contributed by atoms with Crippen LogP contribution in [0.15, 0.2) is 12.2 Å². The van der Waals surface area contributed by atoms with Crippen molar-refractivity contribution in [2.24, 2.45) is 5.41 Å². The lowest BCUT2D eigenvalue weighted by Crippen LogP contribution is -2.41. The molecule has 1 aliphatic heterocycles. The molecule has 0 aromatic heterocycles. The van der Waals surface area contributed by atoms with E-state index in [4.69, 9.17) is 5.26 Å². The minimum atomic E-state index is -0.884. The molecule has 0 saturated heterocycles. The molecule has 70 valence electrons. The van der Waals surface area contributed by atoms with Gasteiger partial charge in [0.05, 0.1) is 6.07 Å². The third kappa shape index (κ3) is 2.09. The Labute approximate surface area is 78.6 Å². The molecule has 1 heterocycles. The van der Waals surface area contributed by atoms with Gasteiger partial charge < -0.3 is 4.90 Å². The van der Waals surface area contributed by atoms with Crippen LogP contribution in [-0.4, -0.2) is 23.9 Å². The Kier molecular flexibility index (Phi) is 2.72. The molecule has 3 nitrogen and oxygen atoms in total. The van der Waals surface area contributed by atoms with Crippen molar-refractivity contribution in [1.29, 1.82) is 5.26 Å². The molecule has 0 atom stereocenters. The first-order valence-electron chi connectivity index (χ1n) is 4.43. The van der Waals surface area contributed by atoms with Crippen LogP contribution in [0.2, 0.25) is 0 Å². The third-order valence-electron chi connectivity index (χ3n) is 2.16. The van der Waals surface area contributed by atoms with Crippen molar-refractivity contribution in [2.45, 2.75) is 20.3 Å². The predicted octanol–water partition coefficient (Wildman–Crippen LogP) is 1.32. The molecule has 0 spiro atoms. The van der Waals surface area contributed by atoms with Crippen molar-refractivity contribution < 1.29 is 4.79 Å². The van der Waals surface area contributed by atoms with Crippen LogP contribution in [0, 0.1) is 16.7 Å². The number of nitriles is 1. The second kappa shape index (κ2) is 3.61. The van der Waals surface area contributed by atoms with Gasteiger partial charge >= 0.3 is 0 Å². The molecule has 0 radical (unpaired) electrons. The van der Waals surface area contributed by atoms with Crippen molar-refractivity contribution in [3.05, 3.63) is 12.2 Å². The first kappa shape index (κ1) is 9.79. The van der Waals surface area contributed by atoms with E-state index < -0.39 is 5.41 Å². The van der Waals surface area contributed by atoms with Crippen molar-refractivity contribution in [2.75, 3.05) is 13.1 Å². The molecule has 0 bridgehead atoms. The van der Waals surface area contributed by atoms with Crippen molar-refractivity contribution in [3.63, 3.8) is 0 Å². The average molecular weight is 178 g/mol. The highest BCUT2D eigenvalue weighted by Gasteiger charge is 2.31. The molecule has 3 heteroatoms. The van der Waals surface area contributed by atoms with Crippen LogP contribution in [-0.2, 0) is 4.79 Å². The maximum absolute atomic E-state index is 11.7. The van der Waals surface area contributed by atoms with Gasteiger partial charge in [-0.2, -0.15) is 5.26 Å². The SMILES string of the molecule is CC(C)(C#N)C(=O)N1CC=CCC1. The van der Waals surface area contributed by atoms with Gasteiger partial charge in [-0.05, 0) is 20.3 Å². The summed E-state index contributed by atoms with van der Waals surface area (Å²) in [5.41, 5.74) is -0.884. The van der Waals surface area contributed by atoms with Gasteiger partial charge in [0.15, 0.2) is 0 Å². The first-order valence-corrected chi connectivity index (χ1v) is 4.43. The summed E-state index contributed by atoms with van der Waals surface area (Å²) in [6.07, 6.45) is 4.92. The number of hydrogen-bond acceptors (Lipinski definition) is 2. The van der Waals surface area contributed by atoms with Crippen LogP contribution in [0.5, 0.6) is 0 Å². The number of amides is 1. The van der Waals surface area contributed by atoms with Crippen molar-refractivity contribution >= 4 is 5.91 Å². The Morgan fingerprint density at radius 1 is 1.54 bits per heavy atom. The van der Waals surface area contributed by atoms with Crippen LogP contribution < -0.4 is 0 Å². The van der Waals surface area contributed by atoms with Crippen LogP contribution in [0.25, 0.3) is 0 Å². The molecule has 0 aromatic carbocycles. The van der Waals surface area contributed by atoms with E-state index in [1.807, 2.05) is 12.1 Å². The fraction of sp³-hybridized carbons (Fsp3) is 0.600. The fourth-order valence-electron chi connectivity index (χ4n) is 1.27. The Balaban J connectivity index is 2.68. The molecule has 0 aliphatic carbocycles. The summed E-state index contributed by atoms with van der Waals surface area (Å²) in [7, 11) is 0. The Bertz CT molecular complexity index is 273. The molecule has 0 saturated carbocycles. The van der Waals surface area contributed by atoms with Gasteiger partial charge in [-0.1, -0.05) is 12.2 Å². The normalized spacial score (nSPS) is 16.8. The fourth-order valence-corrected chi connectivity index (χ4v) is 1.27. The summed E-state index contributed by atoms with van der Waals surface area (Å²) >= 11 is 0. The van der Waals surface area contributed by atoms with E-state index in [9.17, 15) is 4.79 Å². The van der Waals surface area contributed by atoms with Gasteiger partial charge in [-0.25, -0.2) is 0 Å².